The van der Waals surface area contributed by atoms with Crippen molar-refractivity contribution in [1.29, 1.82) is 0 Å². The van der Waals surface area contributed by atoms with Gasteiger partial charge < -0.3 is 5.32 Å². The predicted molar refractivity (Wildman–Crippen MR) is 86.1 cm³/mol. The highest BCUT2D eigenvalue weighted by atomic mass is 35.5. The van der Waals surface area contributed by atoms with Crippen LogP contribution in [0.25, 0.3) is 10.9 Å². The van der Waals surface area contributed by atoms with E-state index in [4.69, 9.17) is 0 Å². The molecule has 0 aliphatic carbocycles. The van der Waals surface area contributed by atoms with Gasteiger partial charge in [0.05, 0.1) is 17.2 Å². The van der Waals surface area contributed by atoms with Crippen LogP contribution in [0.15, 0.2) is 35.4 Å². The standard InChI is InChI=1S/C14H17N3O.2ClH/c18-14-12-3-1-2-4-13(12)16-10-17(14)9-11-5-7-15-8-6-11;;/h1-4,10-11,15H,5-9H2;2*1H. The van der Waals surface area contributed by atoms with Gasteiger partial charge in [0.25, 0.3) is 5.56 Å². The topological polar surface area (TPSA) is 46.9 Å². The van der Waals surface area contributed by atoms with E-state index in [0.29, 0.717) is 11.3 Å². The molecule has 1 aromatic heterocycles. The van der Waals surface area contributed by atoms with Crippen LogP contribution in [0.3, 0.4) is 0 Å². The highest BCUT2D eigenvalue weighted by Gasteiger charge is 2.14. The maximum absolute atomic E-state index is 12.3. The summed E-state index contributed by atoms with van der Waals surface area (Å²) in [5.74, 6) is 0.590. The molecule has 1 N–H and O–H groups in total. The van der Waals surface area contributed by atoms with Crippen molar-refractivity contribution in [2.24, 2.45) is 5.92 Å². The third-order valence-corrected chi connectivity index (χ3v) is 3.65. The van der Waals surface area contributed by atoms with Gasteiger partial charge in [-0.15, -0.1) is 24.8 Å². The summed E-state index contributed by atoms with van der Waals surface area (Å²) in [5.41, 5.74) is 0.864. The van der Waals surface area contributed by atoms with Crippen molar-refractivity contribution >= 4 is 35.7 Å². The summed E-state index contributed by atoms with van der Waals surface area (Å²) in [6, 6.07) is 7.53. The Kier molecular flexibility index (Phi) is 6.46. The van der Waals surface area contributed by atoms with Crippen molar-refractivity contribution in [1.82, 2.24) is 14.9 Å². The molecule has 110 valence electrons. The number of halogens is 2. The Morgan fingerprint density at radius 1 is 1.20 bits per heavy atom. The molecule has 1 fully saturated rings. The fourth-order valence-corrected chi connectivity index (χ4v) is 2.58. The molecule has 0 saturated carbocycles. The number of benzene rings is 1. The van der Waals surface area contributed by atoms with Crippen LogP contribution in [-0.4, -0.2) is 22.6 Å². The quantitative estimate of drug-likeness (QED) is 0.924. The number of hydrogen-bond acceptors (Lipinski definition) is 3. The van der Waals surface area contributed by atoms with Gasteiger partial charge in [0, 0.05) is 6.54 Å². The summed E-state index contributed by atoms with van der Waals surface area (Å²) < 4.78 is 1.76. The molecule has 0 amide bonds. The van der Waals surface area contributed by atoms with Crippen molar-refractivity contribution in [3.8, 4) is 0 Å². The van der Waals surface area contributed by atoms with Crippen molar-refractivity contribution < 1.29 is 0 Å². The third kappa shape index (κ3) is 3.51. The van der Waals surface area contributed by atoms with Gasteiger partial charge in [-0.05, 0) is 44.0 Å². The van der Waals surface area contributed by atoms with Crippen LogP contribution in [0.4, 0.5) is 0 Å². The zero-order valence-electron chi connectivity index (χ0n) is 11.1. The maximum atomic E-state index is 12.3. The first-order valence-corrected chi connectivity index (χ1v) is 6.49. The van der Waals surface area contributed by atoms with Crippen LogP contribution in [0, 0.1) is 5.92 Å². The molecular weight excluding hydrogens is 297 g/mol. The van der Waals surface area contributed by atoms with Crippen LogP contribution in [0.5, 0.6) is 0 Å². The number of nitrogens with zero attached hydrogens (tertiary/aromatic N) is 2. The molecule has 0 unspecified atom stereocenters. The van der Waals surface area contributed by atoms with E-state index in [1.807, 2.05) is 24.3 Å². The second-order valence-electron chi connectivity index (χ2n) is 4.91. The van der Waals surface area contributed by atoms with E-state index in [2.05, 4.69) is 10.3 Å². The minimum absolute atomic E-state index is 0. The van der Waals surface area contributed by atoms with Crippen LogP contribution >= 0.6 is 24.8 Å². The highest BCUT2D eigenvalue weighted by molar-refractivity contribution is 5.85. The molecule has 20 heavy (non-hydrogen) atoms. The first-order chi connectivity index (χ1) is 8.84. The largest absolute Gasteiger partial charge is 0.317 e. The van der Waals surface area contributed by atoms with Crippen molar-refractivity contribution in [3.05, 3.63) is 40.9 Å². The summed E-state index contributed by atoms with van der Waals surface area (Å²) in [6.45, 7) is 2.90. The molecule has 0 bridgehead atoms. The number of piperidine rings is 1. The predicted octanol–water partition coefficient (Wildman–Crippen LogP) is 2.24. The minimum Gasteiger partial charge on any atom is -0.317 e. The summed E-state index contributed by atoms with van der Waals surface area (Å²) in [4.78, 5) is 16.7. The van der Waals surface area contributed by atoms with Gasteiger partial charge in [0.2, 0.25) is 0 Å². The van der Waals surface area contributed by atoms with Crippen LogP contribution in [0.2, 0.25) is 0 Å². The van der Waals surface area contributed by atoms with E-state index in [1.165, 1.54) is 0 Å². The maximum Gasteiger partial charge on any atom is 0.261 e. The molecule has 4 nitrogen and oxygen atoms in total. The minimum atomic E-state index is 0. The van der Waals surface area contributed by atoms with E-state index in [0.717, 1.165) is 38.0 Å². The van der Waals surface area contributed by atoms with Crippen LogP contribution < -0.4 is 10.9 Å². The van der Waals surface area contributed by atoms with E-state index < -0.39 is 0 Å². The van der Waals surface area contributed by atoms with Gasteiger partial charge in [-0.3, -0.25) is 9.36 Å². The van der Waals surface area contributed by atoms with E-state index in [9.17, 15) is 4.79 Å². The lowest BCUT2D eigenvalue weighted by Gasteiger charge is -2.23. The molecule has 6 heteroatoms. The van der Waals surface area contributed by atoms with E-state index in [-0.39, 0.29) is 30.4 Å². The Hall–Kier alpha value is -1.10. The lowest BCUT2D eigenvalue weighted by molar-refractivity contribution is 0.329. The Morgan fingerprint density at radius 3 is 2.65 bits per heavy atom. The van der Waals surface area contributed by atoms with Gasteiger partial charge in [-0.2, -0.15) is 0 Å². The van der Waals surface area contributed by atoms with Gasteiger partial charge in [-0.25, -0.2) is 4.98 Å². The molecule has 2 aromatic rings. The molecule has 1 aromatic carbocycles. The van der Waals surface area contributed by atoms with Gasteiger partial charge in [0.1, 0.15) is 0 Å². The summed E-state index contributed by atoms with van der Waals surface area (Å²) >= 11 is 0. The molecule has 0 atom stereocenters. The molecule has 3 rings (SSSR count). The number of fused-ring (bicyclic) bond motifs is 1. The zero-order valence-corrected chi connectivity index (χ0v) is 12.8. The molecule has 1 aliphatic heterocycles. The average molecular weight is 316 g/mol. The summed E-state index contributed by atoms with van der Waals surface area (Å²) in [5, 5.41) is 4.06. The first kappa shape index (κ1) is 17.0. The molecule has 0 radical (unpaired) electrons. The zero-order chi connectivity index (χ0) is 12.4. The van der Waals surface area contributed by atoms with Crippen LogP contribution in [0.1, 0.15) is 12.8 Å². The average Bonchev–Trinajstić information content (AvgIpc) is 2.43. The Bertz CT molecular complexity index is 609. The summed E-state index contributed by atoms with van der Waals surface area (Å²) in [7, 11) is 0. The second-order valence-corrected chi connectivity index (χ2v) is 4.91. The Balaban J connectivity index is 0.000001000. The molecule has 2 heterocycles. The number of rotatable bonds is 2. The Labute approximate surface area is 130 Å². The molecular formula is C14H19Cl2N3O. The van der Waals surface area contributed by atoms with Gasteiger partial charge in [0.15, 0.2) is 0 Å². The summed E-state index contributed by atoms with van der Waals surface area (Å²) in [6.07, 6.45) is 3.96. The highest BCUT2D eigenvalue weighted by Crippen LogP contribution is 2.13. The monoisotopic (exact) mass is 315 g/mol. The second kappa shape index (κ2) is 7.62. The molecule has 0 spiro atoms. The SMILES string of the molecule is Cl.Cl.O=c1c2ccccc2ncn1CC1CCNCC1. The van der Waals surface area contributed by atoms with Crippen LogP contribution in [-0.2, 0) is 6.54 Å². The lowest BCUT2D eigenvalue weighted by Crippen LogP contribution is -2.32. The lowest BCUT2D eigenvalue weighted by atomic mass is 9.98. The van der Waals surface area contributed by atoms with Crippen molar-refractivity contribution in [3.63, 3.8) is 0 Å². The smallest absolute Gasteiger partial charge is 0.261 e. The number of hydrogen-bond donors (Lipinski definition) is 1. The number of aromatic nitrogens is 2. The molecule has 1 aliphatic rings. The van der Waals surface area contributed by atoms with E-state index >= 15 is 0 Å². The third-order valence-electron chi connectivity index (χ3n) is 3.65. The first-order valence-electron chi connectivity index (χ1n) is 6.49. The van der Waals surface area contributed by atoms with E-state index in [1.54, 1.807) is 10.9 Å². The fraction of sp³-hybridized carbons (Fsp3) is 0.429. The van der Waals surface area contributed by atoms with Gasteiger partial charge >= 0.3 is 0 Å². The fourth-order valence-electron chi connectivity index (χ4n) is 2.58. The molecule has 1 saturated heterocycles. The van der Waals surface area contributed by atoms with Crippen molar-refractivity contribution in [2.45, 2.75) is 19.4 Å². The number of nitrogens with one attached hydrogen (secondary N) is 1. The number of para-hydroxylation sites is 1. The normalized spacial score (nSPS) is 15.4. The van der Waals surface area contributed by atoms with Gasteiger partial charge in [-0.1, -0.05) is 12.1 Å². The Morgan fingerprint density at radius 2 is 1.90 bits per heavy atom. The van der Waals surface area contributed by atoms with Crippen molar-refractivity contribution in [2.75, 3.05) is 13.1 Å².